The maximum Gasteiger partial charge on any atom is 0.397 e. The van der Waals surface area contributed by atoms with E-state index in [4.69, 9.17) is 5.11 Å². The van der Waals surface area contributed by atoms with Crippen LogP contribution >= 0.6 is 0 Å². The van der Waals surface area contributed by atoms with Gasteiger partial charge in [0.25, 0.3) is 0 Å². The van der Waals surface area contributed by atoms with Crippen molar-refractivity contribution in [2.45, 2.75) is 45.7 Å². The molecule has 7 heteroatoms. The Hall–Kier alpha value is -1.27. The number of rotatable bonds is 8. The molecule has 4 nitrogen and oxygen atoms in total. The SMILES string of the molecule is CC(C)C(CCNC(=O)CC(F)(F)F)CCC(=O)O. The van der Waals surface area contributed by atoms with Crippen molar-refractivity contribution in [3.05, 3.63) is 0 Å². The van der Waals surface area contributed by atoms with Crippen molar-refractivity contribution in [2.24, 2.45) is 11.8 Å². The van der Waals surface area contributed by atoms with Crippen LogP contribution in [0.4, 0.5) is 13.2 Å². The highest BCUT2D eigenvalue weighted by atomic mass is 19.4. The van der Waals surface area contributed by atoms with Crippen molar-refractivity contribution in [3.63, 3.8) is 0 Å². The number of amides is 1. The first-order valence-electron chi connectivity index (χ1n) is 6.17. The second-order valence-corrected chi connectivity index (χ2v) is 4.87. The molecule has 0 rings (SSSR count). The second-order valence-electron chi connectivity index (χ2n) is 4.87. The van der Waals surface area contributed by atoms with E-state index in [1.165, 1.54) is 0 Å². The molecule has 0 fully saturated rings. The van der Waals surface area contributed by atoms with E-state index in [0.29, 0.717) is 12.8 Å². The van der Waals surface area contributed by atoms with Crippen LogP contribution in [0.5, 0.6) is 0 Å². The molecular formula is C12H20F3NO3. The summed E-state index contributed by atoms with van der Waals surface area (Å²) in [5, 5.41) is 10.8. The minimum atomic E-state index is -4.50. The standard InChI is InChI=1S/C12H20F3NO3/c1-8(2)9(3-4-11(18)19)5-6-16-10(17)7-12(13,14)15/h8-9H,3-7H2,1-2H3,(H,16,17)(H,18,19). The van der Waals surface area contributed by atoms with Gasteiger partial charge in [-0.3, -0.25) is 9.59 Å². The summed E-state index contributed by atoms with van der Waals surface area (Å²) in [7, 11) is 0. The van der Waals surface area contributed by atoms with Gasteiger partial charge in [0, 0.05) is 13.0 Å². The number of carbonyl (C=O) groups excluding carboxylic acids is 1. The Morgan fingerprint density at radius 1 is 1.21 bits per heavy atom. The van der Waals surface area contributed by atoms with Crippen LogP contribution in [0, 0.1) is 11.8 Å². The number of carboxylic acid groups (broad SMARTS) is 1. The topological polar surface area (TPSA) is 66.4 Å². The molecule has 0 aliphatic heterocycles. The van der Waals surface area contributed by atoms with Crippen molar-refractivity contribution in [1.82, 2.24) is 5.32 Å². The minimum Gasteiger partial charge on any atom is -0.481 e. The molecule has 0 aliphatic carbocycles. The zero-order chi connectivity index (χ0) is 15.1. The van der Waals surface area contributed by atoms with Crippen molar-refractivity contribution in [3.8, 4) is 0 Å². The van der Waals surface area contributed by atoms with Gasteiger partial charge in [0.1, 0.15) is 6.42 Å². The Bertz CT molecular complexity index is 303. The summed E-state index contributed by atoms with van der Waals surface area (Å²) in [5.74, 6) is -1.65. The molecule has 2 N–H and O–H groups in total. The van der Waals surface area contributed by atoms with Crippen molar-refractivity contribution in [1.29, 1.82) is 0 Å². The van der Waals surface area contributed by atoms with Gasteiger partial charge in [-0.1, -0.05) is 13.8 Å². The summed E-state index contributed by atoms with van der Waals surface area (Å²) in [6.07, 6.45) is -5.00. The Balaban J connectivity index is 3.99. The Labute approximate surface area is 110 Å². The largest absolute Gasteiger partial charge is 0.481 e. The minimum absolute atomic E-state index is 0.0271. The number of hydrogen-bond acceptors (Lipinski definition) is 2. The molecular weight excluding hydrogens is 263 g/mol. The van der Waals surface area contributed by atoms with Gasteiger partial charge in [0.15, 0.2) is 0 Å². The molecule has 0 aromatic heterocycles. The summed E-state index contributed by atoms with van der Waals surface area (Å²) in [6.45, 7) is 3.98. The smallest absolute Gasteiger partial charge is 0.397 e. The van der Waals surface area contributed by atoms with Crippen LogP contribution in [0.3, 0.4) is 0 Å². The molecule has 0 spiro atoms. The van der Waals surface area contributed by atoms with Gasteiger partial charge in [-0.2, -0.15) is 13.2 Å². The van der Waals surface area contributed by atoms with Crippen LogP contribution in [-0.4, -0.2) is 29.7 Å². The maximum absolute atomic E-state index is 11.9. The molecule has 0 aliphatic rings. The Morgan fingerprint density at radius 2 is 1.79 bits per heavy atom. The maximum atomic E-state index is 11.9. The highest BCUT2D eigenvalue weighted by molar-refractivity contribution is 5.76. The van der Waals surface area contributed by atoms with Crippen LogP contribution in [0.2, 0.25) is 0 Å². The summed E-state index contributed by atoms with van der Waals surface area (Å²) >= 11 is 0. The molecule has 0 saturated heterocycles. The highest BCUT2D eigenvalue weighted by Crippen LogP contribution is 2.21. The third-order valence-corrected chi connectivity index (χ3v) is 2.87. The van der Waals surface area contributed by atoms with Gasteiger partial charge in [0.2, 0.25) is 5.91 Å². The molecule has 0 aromatic carbocycles. The molecule has 0 radical (unpaired) electrons. The first-order chi connectivity index (χ1) is 8.61. The van der Waals surface area contributed by atoms with Crippen molar-refractivity contribution in [2.75, 3.05) is 6.54 Å². The molecule has 1 amide bonds. The van der Waals surface area contributed by atoms with Crippen molar-refractivity contribution < 1.29 is 27.9 Å². The van der Waals surface area contributed by atoms with Crippen LogP contribution in [0.1, 0.15) is 39.5 Å². The lowest BCUT2D eigenvalue weighted by molar-refractivity contribution is -0.153. The van der Waals surface area contributed by atoms with Crippen LogP contribution in [0.15, 0.2) is 0 Å². The summed E-state index contributed by atoms with van der Waals surface area (Å²) in [5.41, 5.74) is 0. The highest BCUT2D eigenvalue weighted by Gasteiger charge is 2.31. The zero-order valence-electron chi connectivity index (χ0n) is 11.1. The average molecular weight is 283 g/mol. The molecule has 0 saturated carbocycles. The van der Waals surface area contributed by atoms with Gasteiger partial charge in [-0.05, 0) is 24.7 Å². The number of alkyl halides is 3. The van der Waals surface area contributed by atoms with Crippen molar-refractivity contribution >= 4 is 11.9 Å². The lowest BCUT2D eigenvalue weighted by Crippen LogP contribution is -2.30. The molecule has 112 valence electrons. The van der Waals surface area contributed by atoms with E-state index < -0.39 is 24.5 Å². The quantitative estimate of drug-likeness (QED) is 0.719. The third-order valence-electron chi connectivity index (χ3n) is 2.87. The van der Waals surface area contributed by atoms with E-state index in [1.807, 2.05) is 13.8 Å². The predicted molar refractivity (Wildman–Crippen MR) is 63.5 cm³/mol. The van der Waals surface area contributed by atoms with E-state index in [1.54, 1.807) is 0 Å². The number of carboxylic acids is 1. The van der Waals surface area contributed by atoms with E-state index in [9.17, 15) is 22.8 Å². The van der Waals surface area contributed by atoms with Crippen LogP contribution in [0.25, 0.3) is 0 Å². The first-order valence-corrected chi connectivity index (χ1v) is 6.17. The van der Waals surface area contributed by atoms with Gasteiger partial charge in [0.05, 0.1) is 0 Å². The Kier molecular flexibility index (Phi) is 7.48. The fraction of sp³-hybridized carbons (Fsp3) is 0.833. The van der Waals surface area contributed by atoms with E-state index >= 15 is 0 Å². The third kappa shape index (κ3) is 10.3. The van der Waals surface area contributed by atoms with Gasteiger partial charge in [-0.15, -0.1) is 0 Å². The van der Waals surface area contributed by atoms with Crippen LogP contribution < -0.4 is 5.32 Å². The summed E-state index contributed by atoms with van der Waals surface area (Å²) in [4.78, 5) is 21.4. The number of aliphatic carboxylic acids is 1. The average Bonchev–Trinajstić information content (AvgIpc) is 2.19. The van der Waals surface area contributed by atoms with Gasteiger partial charge >= 0.3 is 12.1 Å². The normalized spacial score (nSPS) is 13.4. The summed E-state index contributed by atoms with van der Waals surface area (Å²) < 4.78 is 35.7. The van der Waals surface area contributed by atoms with Gasteiger partial charge in [-0.25, -0.2) is 0 Å². The number of carbonyl (C=O) groups is 2. The first kappa shape index (κ1) is 17.7. The molecule has 0 bridgehead atoms. The van der Waals surface area contributed by atoms with Crippen LogP contribution in [-0.2, 0) is 9.59 Å². The zero-order valence-corrected chi connectivity index (χ0v) is 11.1. The number of halogens is 3. The fourth-order valence-electron chi connectivity index (χ4n) is 1.76. The lowest BCUT2D eigenvalue weighted by atomic mass is 9.88. The Morgan fingerprint density at radius 3 is 2.21 bits per heavy atom. The predicted octanol–water partition coefficient (Wildman–Crippen LogP) is 2.58. The molecule has 19 heavy (non-hydrogen) atoms. The molecule has 0 heterocycles. The van der Waals surface area contributed by atoms with E-state index in [-0.39, 0.29) is 24.8 Å². The number of nitrogens with one attached hydrogen (secondary N) is 1. The number of hydrogen-bond donors (Lipinski definition) is 2. The fourth-order valence-corrected chi connectivity index (χ4v) is 1.76. The second kappa shape index (κ2) is 8.01. The van der Waals surface area contributed by atoms with Gasteiger partial charge < -0.3 is 10.4 Å². The molecule has 1 atom stereocenters. The van der Waals surface area contributed by atoms with E-state index in [2.05, 4.69) is 5.32 Å². The monoisotopic (exact) mass is 283 g/mol. The van der Waals surface area contributed by atoms with E-state index in [0.717, 1.165) is 0 Å². The lowest BCUT2D eigenvalue weighted by Gasteiger charge is -2.20. The molecule has 0 aromatic rings. The summed E-state index contributed by atoms with van der Waals surface area (Å²) in [6, 6.07) is 0. The molecule has 1 unspecified atom stereocenters.